The van der Waals surface area contributed by atoms with E-state index in [0.29, 0.717) is 0 Å². The predicted octanol–water partition coefficient (Wildman–Crippen LogP) is 1.39. The van der Waals surface area contributed by atoms with Crippen molar-refractivity contribution in [3.63, 3.8) is 0 Å². The van der Waals surface area contributed by atoms with Crippen molar-refractivity contribution in [1.82, 2.24) is 0 Å². The fraction of sp³-hybridized carbons (Fsp3) is 0.0909. The number of nitrogens with zero attached hydrogens (tertiary/aromatic N) is 1. The number of carbonyl (C=O) groups is 1. The van der Waals surface area contributed by atoms with Crippen LogP contribution in [0.25, 0.3) is 6.08 Å². The summed E-state index contributed by atoms with van der Waals surface area (Å²) in [5.41, 5.74) is 6.82. The van der Waals surface area contributed by atoms with Crippen LogP contribution in [0, 0.1) is 18.3 Å². The summed E-state index contributed by atoms with van der Waals surface area (Å²) in [6.45, 7) is 1.90. The van der Waals surface area contributed by atoms with E-state index in [1.807, 2.05) is 31.2 Å². The van der Waals surface area contributed by atoms with Crippen LogP contribution in [0.1, 0.15) is 11.1 Å². The van der Waals surface area contributed by atoms with Gasteiger partial charge in [0.25, 0.3) is 5.91 Å². The summed E-state index contributed by atoms with van der Waals surface area (Å²) in [6, 6.07) is 9.23. The minimum atomic E-state index is -0.698. The lowest BCUT2D eigenvalue weighted by Crippen LogP contribution is -2.12. The molecule has 1 amide bonds. The SMILES string of the molecule is Cc1ccccc1/C=C(\C#N)C(N)=O. The van der Waals surface area contributed by atoms with Gasteiger partial charge in [-0.05, 0) is 24.1 Å². The molecule has 0 bridgehead atoms. The quantitative estimate of drug-likeness (QED) is 0.560. The first-order chi connectivity index (χ1) is 6.65. The maximum atomic E-state index is 10.8. The fourth-order valence-corrected chi connectivity index (χ4v) is 1.06. The second-order valence-electron chi connectivity index (χ2n) is 2.89. The minimum Gasteiger partial charge on any atom is -0.365 e. The molecule has 1 aromatic carbocycles. The molecule has 0 aromatic heterocycles. The molecule has 14 heavy (non-hydrogen) atoms. The topological polar surface area (TPSA) is 66.9 Å². The number of nitrogens with two attached hydrogens (primary N) is 1. The van der Waals surface area contributed by atoms with Gasteiger partial charge >= 0.3 is 0 Å². The van der Waals surface area contributed by atoms with Crippen molar-refractivity contribution in [2.24, 2.45) is 5.73 Å². The highest BCUT2D eigenvalue weighted by Gasteiger charge is 2.03. The van der Waals surface area contributed by atoms with Crippen LogP contribution in [0.5, 0.6) is 0 Å². The average molecular weight is 186 g/mol. The Morgan fingerprint density at radius 1 is 1.50 bits per heavy atom. The third kappa shape index (κ3) is 2.20. The number of primary amides is 1. The summed E-state index contributed by atoms with van der Waals surface area (Å²) in [5, 5.41) is 8.63. The van der Waals surface area contributed by atoms with Crippen LogP contribution in [0.2, 0.25) is 0 Å². The van der Waals surface area contributed by atoms with Gasteiger partial charge in [-0.25, -0.2) is 0 Å². The highest BCUT2D eigenvalue weighted by atomic mass is 16.1. The number of carbonyl (C=O) groups excluding carboxylic acids is 1. The normalized spacial score (nSPS) is 10.7. The number of amides is 1. The molecule has 3 heteroatoms. The molecule has 70 valence electrons. The largest absolute Gasteiger partial charge is 0.365 e. The van der Waals surface area contributed by atoms with Gasteiger partial charge in [0.15, 0.2) is 0 Å². The number of aryl methyl sites for hydroxylation is 1. The zero-order valence-electron chi connectivity index (χ0n) is 7.82. The third-order valence-electron chi connectivity index (χ3n) is 1.87. The van der Waals surface area contributed by atoms with Gasteiger partial charge in [0.1, 0.15) is 11.6 Å². The predicted molar refractivity (Wildman–Crippen MR) is 54.0 cm³/mol. The van der Waals surface area contributed by atoms with E-state index in [-0.39, 0.29) is 5.57 Å². The van der Waals surface area contributed by atoms with Crippen molar-refractivity contribution in [2.45, 2.75) is 6.92 Å². The first-order valence-corrected chi connectivity index (χ1v) is 4.12. The molecule has 0 aliphatic rings. The summed E-state index contributed by atoms with van der Waals surface area (Å²) < 4.78 is 0. The lowest BCUT2D eigenvalue weighted by Gasteiger charge is -1.98. The second-order valence-corrected chi connectivity index (χ2v) is 2.89. The first kappa shape index (κ1) is 10.0. The van der Waals surface area contributed by atoms with Crippen LogP contribution in [-0.2, 0) is 4.79 Å². The van der Waals surface area contributed by atoms with E-state index >= 15 is 0 Å². The van der Waals surface area contributed by atoms with Crippen molar-refractivity contribution < 1.29 is 4.79 Å². The molecule has 0 saturated heterocycles. The van der Waals surface area contributed by atoms with Crippen LogP contribution in [-0.4, -0.2) is 5.91 Å². The molecular formula is C11H10N2O. The molecule has 0 radical (unpaired) electrons. The highest BCUT2D eigenvalue weighted by molar-refractivity contribution is 6.00. The smallest absolute Gasteiger partial charge is 0.259 e. The summed E-state index contributed by atoms with van der Waals surface area (Å²) in [5.74, 6) is -0.698. The van der Waals surface area contributed by atoms with Gasteiger partial charge in [0.2, 0.25) is 0 Å². The molecule has 1 rings (SSSR count). The molecule has 0 spiro atoms. The van der Waals surface area contributed by atoms with Crippen molar-refractivity contribution >= 4 is 12.0 Å². The lowest BCUT2D eigenvalue weighted by atomic mass is 10.1. The summed E-state index contributed by atoms with van der Waals surface area (Å²) in [7, 11) is 0. The molecular weight excluding hydrogens is 176 g/mol. The molecule has 2 N–H and O–H groups in total. The molecule has 0 heterocycles. The maximum absolute atomic E-state index is 10.8. The van der Waals surface area contributed by atoms with Gasteiger partial charge in [-0.1, -0.05) is 24.3 Å². The Balaban J connectivity index is 3.15. The fourth-order valence-electron chi connectivity index (χ4n) is 1.06. The van der Waals surface area contributed by atoms with Gasteiger partial charge in [-0.3, -0.25) is 4.79 Å². The standard InChI is InChI=1S/C11H10N2O/c1-8-4-2-3-5-9(8)6-10(7-12)11(13)14/h2-6H,1H3,(H2,13,14)/b10-6+. The average Bonchev–Trinajstić information content (AvgIpc) is 2.16. The Hall–Kier alpha value is -2.08. The number of nitriles is 1. The van der Waals surface area contributed by atoms with E-state index in [4.69, 9.17) is 11.0 Å². The van der Waals surface area contributed by atoms with Gasteiger partial charge < -0.3 is 5.73 Å². The maximum Gasteiger partial charge on any atom is 0.259 e. The Morgan fingerprint density at radius 3 is 2.64 bits per heavy atom. The monoisotopic (exact) mass is 186 g/mol. The van der Waals surface area contributed by atoms with Crippen LogP contribution in [0.15, 0.2) is 29.8 Å². The summed E-state index contributed by atoms with van der Waals surface area (Å²) >= 11 is 0. The van der Waals surface area contributed by atoms with Gasteiger partial charge in [-0.15, -0.1) is 0 Å². The minimum absolute atomic E-state index is 0.0284. The van der Waals surface area contributed by atoms with Crippen LogP contribution in [0.4, 0.5) is 0 Å². The second kappa shape index (κ2) is 4.24. The number of rotatable bonds is 2. The van der Waals surface area contributed by atoms with Gasteiger partial charge in [-0.2, -0.15) is 5.26 Å². The zero-order valence-corrected chi connectivity index (χ0v) is 7.82. The first-order valence-electron chi connectivity index (χ1n) is 4.12. The van der Waals surface area contributed by atoms with Gasteiger partial charge in [0.05, 0.1) is 0 Å². The van der Waals surface area contributed by atoms with Crippen molar-refractivity contribution in [3.8, 4) is 6.07 Å². The van der Waals surface area contributed by atoms with Gasteiger partial charge in [0, 0.05) is 0 Å². The number of hydrogen-bond donors (Lipinski definition) is 1. The Labute approximate surface area is 82.5 Å². The number of hydrogen-bond acceptors (Lipinski definition) is 2. The van der Waals surface area contributed by atoms with E-state index in [1.54, 1.807) is 6.07 Å². The highest BCUT2D eigenvalue weighted by Crippen LogP contribution is 2.11. The Morgan fingerprint density at radius 2 is 2.14 bits per heavy atom. The lowest BCUT2D eigenvalue weighted by molar-refractivity contribution is -0.114. The van der Waals surface area contributed by atoms with Crippen molar-refractivity contribution in [2.75, 3.05) is 0 Å². The molecule has 0 aliphatic heterocycles. The van der Waals surface area contributed by atoms with Crippen molar-refractivity contribution in [3.05, 3.63) is 41.0 Å². The summed E-state index contributed by atoms with van der Waals surface area (Å²) in [4.78, 5) is 10.8. The van der Waals surface area contributed by atoms with E-state index in [9.17, 15) is 4.79 Å². The van der Waals surface area contributed by atoms with Crippen molar-refractivity contribution in [1.29, 1.82) is 5.26 Å². The van der Waals surface area contributed by atoms with Crippen LogP contribution < -0.4 is 5.73 Å². The molecule has 0 fully saturated rings. The molecule has 0 atom stereocenters. The summed E-state index contributed by atoms with van der Waals surface area (Å²) in [6.07, 6.45) is 1.50. The van der Waals surface area contributed by atoms with Crippen LogP contribution >= 0.6 is 0 Å². The van der Waals surface area contributed by atoms with E-state index in [2.05, 4.69) is 0 Å². The molecule has 0 unspecified atom stereocenters. The molecule has 3 nitrogen and oxygen atoms in total. The zero-order chi connectivity index (χ0) is 10.6. The van der Waals surface area contributed by atoms with E-state index in [1.165, 1.54) is 6.08 Å². The molecule has 1 aromatic rings. The van der Waals surface area contributed by atoms with Crippen LogP contribution in [0.3, 0.4) is 0 Å². The van der Waals surface area contributed by atoms with E-state index in [0.717, 1.165) is 11.1 Å². The Kier molecular flexibility index (Phi) is 3.03. The van der Waals surface area contributed by atoms with E-state index < -0.39 is 5.91 Å². The third-order valence-corrected chi connectivity index (χ3v) is 1.87. The molecule has 0 saturated carbocycles. The molecule has 0 aliphatic carbocycles. The number of benzene rings is 1. The Bertz CT molecular complexity index is 427.